The van der Waals surface area contributed by atoms with Crippen LogP contribution in [-0.2, 0) is 23.1 Å². The summed E-state index contributed by atoms with van der Waals surface area (Å²) in [6.07, 6.45) is 0. The third-order valence-electron chi connectivity index (χ3n) is 4.93. The number of nitrogens with one attached hydrogen (secondary N) is 3. The first-order chi connectivity index (χ1) is 15.7. The van der Waals surface area contributed by atoms with E-state index in [1.54, 1.807) is 10.7 Å². The zero-order valence-electron chi connectivity index (χ0n) is 18.7. The van der Waals surface area contributed by atoms with E-state index in [9.17, 15) is 18.0 Å². The molecule has 0 atom stereocenters. The van der Waals surface area contributed by atoms with Crippen molar-refractivity contribution in [3.8, 4) is 0 Å². The van der Waals surface area contributed by atoms with Crippen LogP contribution in [0.4, 0.5) is 0 Å². The first-order valence-electron chi connectivity index (χ1n) is 10.5. The van der Waals surface area contributed by atoms with Gasteiger partial charge in [0, 0.05) is 18.7 Å². The molecule has 0 aliphatic carbocycles. The van der Waals surface area contributed by atoms with Crippen LogP contribution >= 0.6 is 0 Å². The Labute approximate surface area is 193 Å². The van der Waals surface area contributed by atoms with Gasteiger partial charge in [-0.15, -0.1) is 0 Å². The Morgan fingerprint density at radius 3 is 2.33 bits per heavy atom. The fourth-order valence-corrected chi connectivity index (χ4v) is 4.12. The molecule has 2 amide bonds. The van der Waals surface area contributed by atoms with Crippen molar-refractivity contribution in [3.05, 3.63) is 83.2 Å². The normalized spacial score (nSPS) is 11.4. The summed E-state index contributed by atoms with van der Waals surface area (Å²) in [4.78, 5) is 25.0. The number of rotatable bonds is 8. The third kappa shape index (κ3) is 6.05. The van der Waals surface area contributed by atoms with Gasteiger partial charge in [-0.1, -0.05) is 50.2 Å². The van der Waals surface area contributed by atoms with E-state index < -0.39 is 21.8 Å². The Morgan fingerprint density at radius 1 is 0.970 bits per heavy atom. The van der Waals surface area contributed by atoms with Crippen molar-refractivity contribution in [1.82, 2.24) is 25.4 Å². The predicted molar refractivity (Wildman–Crippen MR) is 124 cm³/mol. The number of aromatic nitrogens is 2. The van der Waals surface area contributed by atoms with Gasteiger partial charge in [0.05, 0.1) is 10.6 Å². The zero-order valence-corrected chi connectivity index (χ0v) is 19.5. The molecule has 3 aromatic rings. The minimum atomic E-state index is -3.83. The zero-order chi connectivity index (χ0) is 24.0. The second-order valence-electron chi connectivity index (χ2n) is 7.67. The summed E-state index contributed by atoms with van der Waals surface area (Å²) in [5.41, 5.74) is 6.69. The molecule has 0 aliphatic rings. The number of hydrogen-bond donors (Lipinski definition) is 3. The highest BCUT2D eigenvalue weighted by Crippen LogP contribution is 2.15. The molecule has 10 heteroatoms. The first-order valence-corrected chi connectivity index (χ1v) is 12.0. The van der Waals surface area contributed by atoms with Crippen molar-refractivity contribution < 1.29 is 18.0 Å². The summed E-state index contributed by atoms with van der Waals surface area (Å²) in [6, 6.07) is 16.4. The molecule has 174 valence electrons. The molecule has 0 saturated carbocycles. The van der Waals surface area contributed by atoms with E-state index in [0.717, 1.165) is 11.3 Å². The van der Waals surface area contributed by atoms with Gasteiger partial charge >= 0.3 is 0 Å². The second kappa shape index (κ2) is 10.4. The highest BCUT2D eigenvalue weighted by atomic mass is 32.2. The number of benzene rings is 2. The first kappa shape index (κ1) is 24.1. The fourth-order valence-electron chi connectivity index (χ4n) is 3.05. The number of hydrazine groups is 1. The number of hydrogen-bond acceptors (Lipinski definition) is 5. The van der Waals surface area contributed by atoms with E-state index >= 15 is 0 Å². The molecule has 33 heavy (non-hydrogen) atoms. The van der Waals surface area contributed by atoms with E-state index in [1.807, 2.05) is 51.1 Å². The van der Waals surface area contributed by atoms with Crippen molar-refractivity contribution in [2.75, 3.05) is 0 Å². The lowest BCUT2D eigenvalue weighted by molar-refractivity contribution is 0.0840. The number of nitrogens with zero attached hydrogens (tertiary/aromatic N) is 2. The monoisotopic (exact) mass is 469 g/mol. The summed E-state index contributed by atoms with van der Waals surface area (Å²) in [6.45, 7) is 6.44. The van der Waals surface area contributed by atoms with E-state index in [4.69, 9.17) is 0 Å². The fraction of sp³-hybridized carbons (Fsp3) is 0.261. The van der Waals surface area contributed by atoms with Crippen molar-refractivity contribution in [2.24, 2.45) is 0 Å². The maximum absolute atomic E-state index is 12.6. The molecule has 1 heterocycles. The Morgan fingerprint density at radius 2 is 1.67 bits per heavy atom. The number of carbonyl (C=O) groups excluding carboxylic acids is 2. The lowest BCUT2D eigenvalue weighted by atomic mass is 10.1. The molecule has 0 unspecified atom stereocenters. The number of sulfonamides is 1. The summed E-state index contributed by atoms with van der Waals surface area (Å²) in [5.74, 6) is -1.01. The van der Waals surface area contributed by atoms with Gasteiger partial charge in [-0.3, -0.25) is 25.1 Å². The van der Waals surface area contributed by atoms with Crippen LogP contribution in [0.3, 0.4) is 0 Å². The largest absolute Gasteiger partial charge is 0.287 e. The van der Waals surface area contributed by atoms with E-state index in [1.165, 1.54) is 24.3 Å². The molecule has 0 bridgehead atoms. The SMILES string of the molecule is CCn1nc(C(C)C)cc1C(=O)NNC(=O)c1cccc(S(=O)(=O)NCc2ccccc2)c1. The highest BCUT2D eigenvalue weighted by Gasteiger charge is 2.19. The maximum Gasteiger partial charge on any atom is 0.287 e. The van der Waals surface area contributed by atoms with Gasteiger partial charge in [0.1, 0.15) is 5.69 Å². The van der Waals surface area contributed by atoms with Gasteiger partial charge in [-0.2, -0.15) is 5.10 Å². The molecular formula is C23H27N5O4S. The summed E-state index contributed by atoms with van der Waals surface area (Å²) in [7, 11) is -3.83. The second-order valence-corrected chi connectivity index (χ2v) is 9.44. The molecule has 0 aliphatic heterocycles. The number of carbonyl (C=O) groups is 2. The average molecular weight is 470 g/mol. The Balaban J connectivity index is 1.66. The molecule has 2 aromatic carbocycles. The molecule has 3 N–H and O–H groups in total. The lowest BCUT2D eigenvalue weighted by Crippen LogP contribution is -2.42. The van der Waals surface area contributed by atoms with Gasteiger partial charge in [0.2, 0.25) is 10.0 Å². The van der Waals surface area contributed by atoms with E-state index in [2.05, 4.69) is 20.7 Å². The minimum Gasteiger partial charge on any atom is -0.267 e. The van der Waals surface area contributed by atoms with E-state index in [-0.39, 0.29) is 22.9 Å². The van der Waals surface area contributed by atoms with Crippen LogP contribution < -0.4 is 15.6 Å². The summed E-state index contributed by atoms with van der Waals surface area (Å²) in [5, 5.41) is 4.38. The smallest absolute Gasteiger partial charge is 0.267 e. The predicted octanol–water partition coefficient (Wildman–Crippen LogP) is 2.58. The topological polar surface area (TPSA) is 122 Å². The molecular weight excluding hydrogens is 442 g/mol. The Kier molecular flexibility index (Phi) is 7.62. The van der Waals surface area contributed by atoms with Gasteiger partial charge < -0.3 is 0 Å². The van der Waals surface area contributed by atoms with Crippen LogP contribution in [0.2, 0.25) is 0 Å². The maximum atomic E-state index is 12.6. The van der Waals surface area contributed by atoms with Crippen LogP contribution in [0.25, 0.3) is 0 Å². The highest BCUT2D eigenvalue weighted by molar-refractivity contribution is 7.89. The summed E-state index contributed by atoms with van der Waals surface area (Å²) >= 11 is 0. The van der Waals surface area contributed by atoms with Crippen molar-refractivity contribution >= 4 is 21.8 Å². The molecule has 0 radical (unpaired) electrons. The Hall–Kier alpha value is -3.50. The van der Waals surface area contributed by atoms with Crippen LogP contribution in [-0.4, -0.2) is 30.0 Å². The third-order valence-corrected chi connectivity index (χ3v) is 6.33. The minimum absolute atomic E-state index is 0.0527. The molecule has 1 aromatic heterocycles. The number of amides is 2. The van der Waals surface area contributed by atoms with Crippen molar-refractivity contribution in [2.45, 2.75) is 44.7 Å². The molecule has 9 nitrogen and oxygen atoms in total. The summed E-state index contributed by atoms with van der Waals surface area (Å²) < 4.78 is 29.3. The van der Waals surface area contributed by atoms with Crippen LogP contribution in [0.5, 0.6) is 0 Å². The van der Waals surface area contributed by atoms with Crippen LogP contribution in [0, 0.1) is 0 Å². The Bertz CT molecular complexity index is 1240. The van der Waals surface area contributed by atoms with Gasteiger partial charge in [0.15, 0.2) is 0 Å². The molecule has 0 fully saturated rings. The van der Waals surface area contributed by atoms with Crippen LogP contribution in [0.1, 0.15) is 58.8 Å². The molecule has 3 rings (SSSR count). The average Bonchev–Trinajstić information content (AvgIpc) is 3.27. The standard InChI is InChI=1S/C23H27N5O4S/c1-4-28-21(14-20(27-28)16(2)3)23(30)26-25-22(29)18-11-8-12-19(13-18)33(31,32)24-15-17-9-6-5-7-10-17/h5-14,16,24H,4,15H2,1-3H3,(H,25,29)(H,26,30). The van der Waals surface area contributed by atoms with Crippen molar-refractivity contribution in [1.29, 1.82) is 0 Å². The van der Waals surface area contributed by atoms with Gasteiger partial charge in [-0.05, 0) is 42.7 Å². The van der Waals surface area contributed by atoms with Crippen LogP contribution in [0.15, 0.2) is 65.6 Å². The van der Waals surface area contributed by atoms with Gasteiger partial charge in [0.25, 0.3) is 11.8 Å². The quantitative estimate of drug-likeness (QED) is 0.438. The van der Waals surface area contributed by atoms with E-state index in [0.29, 0.717) is 12.2 Å². The molecule has 0 spiro atoms. The number of aryl methyl sites for hydroxylation is 1. The van der Waals surface area contributed by atoms with Crippen molar-refractivity contribution in [3.63, 3.8) is 0 Å². The van der Waals surface area contributed by atoms with Gasteiger partial charge in [-0.25, -0.2) is 13.1 Å². The lowest BCUT2D eigenvalue weighted by Gasteiger charge is -2.10. The molecule has 0 saturated heterocycles.